The molecular formula is C12H14BrClN2O. The van der Waals surface area contributed by atoms with Crippen LogP contribution in [0.3, 0.4) is 0 Å². The zero-order chi connectivity index (χ0) is 12.4. The highest BCUT2D eigenvalue weighted by atomic mass is 79.9. The number of rotatable bonds is 4. The molecule has 0 saturated heterocycles. The summed E-state index contributed by atoms with van der Waals surface area (Å²) >= 11 is 9.16. The van der Waals surface area contributed by atoms with Gasteiger partial charge in [0.15, 0.2) is 0 Å². The van der Waals surface area contributed by atoms with Crippen LogP contribution in [0.25, 0.3) is 0 Å². The highest BCUT2D eigenvalue weighted by Crippen LogP contribution is 2.31. The van der Waals surface area contributed by atoms with Crippen molar-refractivity contribution in [1.82, 2.24) is 5.32 Å². The fraction of sp³-hybridized carbons (Fsp3) is 0.417. The van der Waals surface area contributed by atoms with Crippen LogP contribution in [0.5, 0.6) is 0 Å². The van der Waals surface area contributed by atoms with E-state index in [1.165, 1.54) is 12.8 Å². The van der Waals surface area contributed by atoms with Crippen LogP contribution in [0, 0.1) is 5.92 Å². The molecule has 2 rings (SSSR count). The summed E-state index contributed by atoms with van der Waals surface area (Å²) in [7, 11) is 0. The van der Waals surface area contributed by atoms with Crippen molar-refractivity contribution in [3.63, 3.8) is 0 Å². The van der Waals surface area contributed by atoms with E-state index in [1.807, 2.05) is 0 Å². The van der Waals surface area contributed by atoms with Crippen molar-refractivity contribution < 1.29 is 4.79 Å². The molecule has 1 aliphatic rings. The Morgan fingerprint density at radius 3 is 2.88 bits per heavy atom. The van der Waals surface area contributed by atoms with Crippen LogP contribution in [-0.2, 0) is 0 Å². The van der Waals surface area contributed by atoms with Crippen molar-refractivity contribution in [3.05, 3.63) is 33.3 Å². The second-order valence-corrected chi connectivity index (χ2v) is 5.60. The Hall–Kier alpha value is -0.580. The quantitative estimate of drug-likeness (QED) is 0.897. The number of hydrogen-bond donors (Lipinski definition) is 2. The van der Waals surface area contributed by atoms with Gasteiger partial charge in [-0.05, 0) is 52.9 Å². The number of nitrogens with two attached hydrogens (primary N) is 1. The standard InChI is InChI=1S/C12H14BrClN2O/c13-9-5-8(3-4-10(9)14)12(17)16-6-11(15)7-1-2-7/h3-5,7,11H,1-2,6,15H2,(H,16,17). The molecule has 1 fully saturated rings. The van der Waals surface area contributed by atoms with Gasteiger partial charge in [-0.3, -0.25) is 4.79 Å². The predicted octanol–water partition coefficient (Wildman–Crippen LogP) is 2.57. The third kappa shape index (κ3) is 3.44. The largest absolute Gasteiger partial charge is 0.350 e. The Kier molecular flexibility index (Phi) is 4.07. The van der Waals surface area contributed by atoms with Crippen LogP contribution in [-0.4, -0.2) is 18.5 Å². The molecule has 1 saturated carbocycles. The number of carbonyl (C=O) groups excluding carboxylic acids is 1. The smallest absolute Gasteiger partial charge is 0.251 e. The lowest BCUT2D eigenvalue weighted by Gasteiger charge is -2.11. The van der Waals surface area contributed by atoms with Crippen LogP contribution in [0.4, 0.5) is 0 Å². The molecule has 0 heterocycles. The van der Waals surface area contributed by atoms with E-state index in [1.54, 1.807) is 18.2 Å². The summed E-state index contributed by atoms with van der Waals surface area (Å²) in [5.41, 5.74) is 6.50. The molecule has 5 heteroatoms. The fourth-order valence-corrected chi connectivity index (χ4v) is 2.14. The first-order valence-corrected chi connectivity index (χ1v) is 6.74. The van der Waals surface area contributed by atoms with Gasteiger partial charge in [0, 0.05) is 22.6 Å². The van der Waals surface area contributed by atoms with Gasteiger partial charge in [0.1, 0.15) is 0 Å². The molecule has 1 atom stereocenters. The van der Waals surface area contributed by atoms with Gasteiger partial charge in [-0.15, -0.1) is 0 Å². The highest BCUT2D eigenvalue weighted by molar-refractivity contribution is 9.10. The molecule has 1 amide bonds. The Morgan fingerprint density at radius 1 is 1.59 bits per heavy atom. The van der Waals surface area contributed by atoms with Crippen LogP contribution in [0.15, 0.2) is 22.7 Å². The molecule has 0 bridgehead atoms. The minimum absolute atomic E-state index is 0.0784. The molecule has 0 aromatic heterocycles. The summed E-state index contributed by atoms with van der Waals surface area (Å²) in [5, 5.41) is 3.43. The zero-order valence-electron chi connectivity index (χ0n) is 9.25. The normalized spacial score (nSPS) is 16.6. The van der Waals surface area contributed by atoms with E-state index < -0.39 is 0 Å². The van der Waals surface area contributed by atoms with Crippen LogP contribution < -0.4 is 11.1 Å². The maximum absolute atomic E-state index is 11.8. The van der Waals surface area contributed by atoms with Gasteiger partial charge >= 0.3 is 0 Å². The van der Waals surface area contributed by atoms with E-state index in [-0.39, 0.29) is 11.9 Å². The fourth-order valence-electron chi connectivity index (χ4n) is 1.64. The summed E-state index contributed by atoms with van der Waals surface area (Å²) in [6.45, 7) is 0.531. The molecule has 1 aromatic rings. The first-order valence-electron chi connectivity index (χ1n) is 5.57. The predicted molar refractivity (Wildman–Crippen MR) is 72.2 cm³/mol. The van der Waals surface area contributed by atoms with E-state index in [4.69, 9.17) is 17.3 Å². The van der Waals surface area contributed by atoms with E-state index in [9.17, 15) is 4.79 Å². The number of halogens is 2. The number of amides is 1. The van der Waals surface area contributed by atoms with Gasteiger partial charge in [0.25, 0.3) is 5.91 Å². The Morgan fingerprint density at radius 2 is 2.29 bits per heavy atom. The number of carbonyl (C=O) groups is 1. The molecule has 1 aromatic carbocycles. The van der Waals surface area contributed by atoms with E-state index in [0.29, 0.717) is 23.0 Å². The molecular weight excluding hydrogens is 304 g/mol. The van der Waals surface area contributed by atoms with Crippen molar-refractivity contribution in [3.8, 4) is 0 Å². The van der Waals surface area contributed by atoms with Gasteiger partial charge in [0.05, 0.1) is 5.02 Å². The van der Waals surface area contributed by atoms with Gasteiger partial charge in [0.2, 0.25) is 0 Å². The lowest BCUT2D eigenvalue weighted by molar-refractivity contribution is 0.0950. The summed E-state index contributed by atoms with van der Waals surface area (Å²) in [6, 6.07) is 5.18. The average molecular weight is 318 g/mol. The Balaban J connectivity index is 1.92. The lowest BCUT2D eigenvalue weighted by atomic mass is 10.2. The van der Waals surface area contributed by atoms with E-state index >= 15 is 0 Å². The summed E-state index contributed by atoms with van der Waals surface area (Å²) in [4.78, 5) is 11.8. The molecule has 1 unspecified atom stereocenters. The first kappa shape index (κ1) is 12.9. The Labute approximate surface area is 114 Å². The maximum atomic E-state index is 11.8. The van der Waals surface area contributed by atoms with Crippen molar-refractivity contribution in [2.45, 2.75) is 18.9 Å². The third-order valence-electron chi connectivity index (χ3n) is 2.91. The molecule has 3 nitrogen and oxygen atoms in total. The second-order valence-electron chi connectivity index (χ2n) is 4.34. The van der Waals surface area contributed by atoms with Crippen molar-refractivity contribution in [1.29, 1.82) is 0 Å². The molecule has 0 spiro atoms. The van der Waals surface area contributed by atoms with E-state index in [2.05, 4.69) is 21.2 Å². The topological polar surface area (TPSA) is 55.1 Å². The van der Waals surface area contributed by atoms with E-state index in [0.717, 1.165) is 4.47 Å². The third-order valence-corrected chi connectivity index (χ3v) is 4.12. The number of hydrogen-bond acceptors (Lipinski definition) is 2. The average Bonchev–Trinajstić information content (AvgIpc) is 3.13. The maximum Gasteiger partial charge on any atom is 0.251 e. The summed E-state index contributed by atoms with van der Waals surface area (Å²) < 4.78 is 0.721. The van der Waals surface area contributed by atoms with Crippen LogP contribution in [0.1, 0.15) is 23.2 Å². The van der Waals surface area contributed by atoms with Gasteiger partial charge in [-0.1, -0.05) is 11.6 Å². The van der Waals surface area contributed by atoms with Gasteiger partial charge in [-0.25, -0.2) is 0 Å². The number of nitrogens with one attached hydrogen (secondary N) is 1. The molecule has 92 valence electrons. The minimum atomic E-state index is -0.113. The van der Waals surface area contributed by atoms with Gasteiger partial charge in [-0.2, -0.15) is 0 Å². The molecule has 0 aliphatic heterocycles. The first-order chi connectivity index (χ1) is 8.08. The summed E-state index contributed by atoms with van der Waals surface area (Å²) in [6.07, 6.45) is 2.37. The number of benzene rings is 1. The van der Waals surface area contributed by atoms with Crippen molar-refractivity contribution in [2.75, 3.05) is 6.54 Å². The van der Waals surface area contributed by atoms with Crippen molar-refractivity contribution >= 4 is 33.4 Å². The lowest BCUT2D eigenvalue weighted by Crippen LogP contribution is -2.38. The van der Waals surface area contributed by atoms with Crippen LogP contribution >= 0.6 is 27.5 Å². The second kappa shape index (κ2) is 5.38. The summed E-state index contributed by atoms with van der Waals surface area (Å²) in [5.74, 6) is 0.478. The monoisotopic (exact) mass is 316 g/mol. The highest BCUT2D eigenvalue weighted by Gasteiger charge is 2.28. The Bertz CT molecular complexity index is 435. The molecule has 3 N–H and O–H groups in total. The van der Waals surface area contributed by atoms with Crippen molar-refractivity contribution in [2.24, 2.45) is 11.7 Å². The molecule has 0 radical (unpaired) electrons. The SMILES string of the molecule is NC(CNC(=O)c1ccc(Cl)c(Br)c1)C1CC1. The molecule has 17 heavy (non-hydrogen) atoms. The molecule has 1 aliphatic carbocycles. The minimum Gasteiger partial charge on any atom is -0.350 e. The van der Waals surface area contributed by atoms with Gasteiger partial charge < -0.3 is 11.1 Å². The zero-order valence-corrected chi connectivity index (χ0v) is 11.6. The van der Waals surface area contributed by atoms with Crippen LogP contribution in [0.2, 0.25) is 5.02 Å².